The van der Waals surface area contributed by atoms with Crippen molar-refractivity contribution in [3.05, 3.63) is 45.2 Å². The molecule has 0 aliphatic carbocycles. The maximum atomic E-state index is 12.3. The number of pyridine rings is 1. The molecule has 0 unspecified atom stereocenters. The second-order valence-corrected chi connectivity index (χ2v) is 6.43. The smallest absolute Gasteiger partial charge is 0.251 e. The number of nitrogens with one attached hydrogen (secondary N) is 1. The van der Waals surface area contributed by atoms with Gasteiger partial charge in [0, 0.05) is 18.0 Å². The molecule has 0 saturated heterocycles. The van der Waals surface area contributed by atoms with Crippen LogP contribution in [0.3, 0.4) is 0 Å². The first kappa shape index (κ1) is 16.3. The second kappa shape index (κ2) is 6.34. The monoisotopic (exact) mass is 300 g/mol. The fourth-order valence-electron chi connectivity index (χ4n) is 2.74. The van der Waals surface area contributed by atoms with Crippen LogP contribution in [0.5, 0.6) is 0 Å². The summed E-state index contributed by atoms with van der Waals surface area (Å²) < 4.78 is 1.58. The van der Waals surface area contributed by atoms with Crippen molar-refractivity contribution in [3.8, 4) is 0 Å². The normalized spacial score (nSPS) is 11.2. The summed E-state index contributed by atoms with van der Waals surface area (Å²) in [5.74, 6) is 0.265. The number of aromatic nitrogens is 1. The molecule has 1 aromatic heterocycles. The summed E-state index contributed by atoms with van der Waals surface area (Å²) >= 11 is 0. The predicted molar refractivity (Wildman–Crippen MR) is 90.3 cm³/mol. The third kappa shape index (κ3) is 3.38. The summed E-state index contributed by atoms with van der Waals surface area (Å²) in [5, 5.41) is 3.91. The lowest BCUT2D eigenvalue weighted by Gasteiger charge is -2.15. The van der Waals surface area contributed by atoms with Gasteiger partial charge in [-0.3, -0.25) is 14.2 Å². The molecule has 22 heavy (non-hydrogen) atoms. The van der Waals surface area contributed by atoms with Crippen LogP contribution in [0.15, 0.2) is 23.0 Å². The average Bonchev–Trinajstić information content (AvgIpc) is 2.41. The van der Waals surface area contributed by atoms with Gasteiger partial charge < -0.3 is 5.32 Å². The van der Waals surface area contributed by atoms with Gasteiger partial charge in [0.2, 0.25) is 5.91 Å². The molecule has 0 bridgehead atoms. The zero-order chi connectivity index (χ0) is 16.4. The van der Waals surface area contributed by atoms with Gasteiger partial charge in [0.25, 0.3) is 5.56 Å². The van der Waals surface area contributed by atoms with Crippen molar-refractivity contribution < 1.29 is 4.79 Å². The maximum Gasteiger partial charge on any atom is 0.251 e. The first-order valence-electron chi connectivity index (χ1n) is 7.67. The third-order valence-electron chi connectivity index (χ3n) is 3.75. The highest BCUT2D eigenvalue weighted by Crippen LogP contribution is 2.22. The molecule has 1 amide bonds. The molecule has 2 aromatic rings. The molecule has 4 heteroatoms. The standard InChI is InChI=1S/C18H24N2O2/c1-11(2)9-19-16(21)10-20-17(22)8-13(4)15-7-12(3)6-14(5)18(15)20/h6-8,11H,9-10H2,1-5H3,(H,19,21). The minimum absolute atomic E-state index is 0.0617. The van der Waals surface area contributed by atoms with Gasteiger partial charge in [-0.15, -0.1) is 0 Å². The highest BCUT2D eigenvalue weighted by atomic mass is 16.2. The molecule has 118 valence electrons. The van der Waals surface area contributed by atoms with Gasteiger partial charge >= 0.3 is 0 Å². The van der Waals surface area contributed by atoms with Gasteiger partial charge in [0.15, 0.2) is 0 Å². The Morgan fingerprint density at radius 1 is 1.14 bits per heavy atom. The van der Waals surface area contributed by atoms with E-state index in [9.17, 15) is 9.59 Å². The van der Waals surface area contributed by atoms with Gasteiger partial charge in [0.05, 0.1) is 5.52 Å². The lowest BCUT2D eigenvalue weighted by molar-refractivity contribution is -0.121. The lowest BCUT2D eigenvalue weighted by Crippen LogP contribution is -2.34. The van der Waals surface area contributed by atoms with E-state index in [1.807, 2.05) is 40.7 Å². The van der Waals surface area contributed by atoms with Crippen molar-refractivity contribution in [1.29, 1.82) is 0 Å². The minimum Gasteiger partial charge on any atom is -0.354 e. The van der Waals surface area contributed by atoms with Gasteiger partial charge in [-0.2, -0.15) is 0 Å². The largest absolute Gasteiger partial charge is 0.354 e. The molecule has 1 N–H and O–H groups in total. The van der Waals surface area contributed by atoms with Crippen molar-refractivity contribution in [3.63, 3.8) is 0 Å². The Morgan fingerprint density at radius 2 is 1.82 bits per heavy atom. The Kier molecular flexibility index (Phi) is 4.69. The van der Waals surface area contributed by atoms with E-state index in [4.69, 9.17) is 0 Å². The van der Waals surface area contributed by atoms with E-state index in [1.165, 1.54) is 0 Å². The third-order valence-corrected chi connectivity index (χ3v) is 3.75. The highest BCUT2D eigenvalue weighted by molar-refractivity contribution is 5.87. The molecule has 0 fully saturated rings. The van der Waals surface area contributed by atoms with Crippen molar-refractivity contribution in [2.24, 2.45) is 5.92 Å². The molecular formula is C18H24N2O2. The lowest BCUT2D eigenvalue weighted by atomic mass is 10.0. The summed E-state index contributed by atoms with van der Waals surface area (Å²) in [4.78, 5) is 24.5. The number of benzene rings is 1. The first-order chi connectivity index (χ1) is 10.3. The zero-order valence-electron chi connectivity index (χ0n) is 14.0. The van der Waals surface area contributed by atoms with E-state index in [0.29, 0.717) is 12.5 Å². The van der Waals surface area contributed by atoms with Crippen LogP contribution in [0.25, 0.3) is 10.9 Å². The van der Waals surface area contributed by atoms with Crippen molar-refractivity contribution in [2.45, 2.75) is 41.2 Å². The van der Waals surface area contributed by atoms with Gasteiger partial charge in [-0.1, -0.05) is 25.5 Å². The summed E-state index contributed by atoms with van der Waals surface area (Å²) in [6.07, 6.45) is 0. The van der Waals surface area contributed by atoms with Gasteiger partial charge in [0.1, 0.15) is 6.54 Å². The number of amides is 1. The van der Waals surface area contributed by atoms with Gasteiger partial charge in [-0.25, -0.2) is 0 Å². The molecule has 0 spiro atoms. The fourth-order valence-corrected chi connectivity index (χ4v) is 2.74. The Labute approximate surface area is 131 Å². The number of hydrogen-bond acceptors (Lipinski definition) is 2. The number of nitrogens with zero attached hydrogens (tertiary/aromatic N) is 1. The molecule has 1 aromatic carbocycles. The van der Waals surface area contributed by atoms with E-state index in [1.54, 1.807) is 10.6 Å². The summed E-state index contributed by atoms with van der Waals surface area (Å²) in [5.41, 5.74) is 3.85. The summed E-state index contributed by atoms with van der Waals surface area (Å²) in [6, 6.07) is 5.72. The molecule has 0 saturated carbocycles. The van der Waals surface area contributed by atoms with Crippen molar-refractivity contribution in [1.82, 2.24) is 9.88 Å². The topological polar surface area (TPSA) is 51.1 Å². The Balaban J connectivity index is 2.50. The number of aryl methyl sites for hydroxylation is 3. The van der Waals surface area contributed by atoms with Crippen LogP contribution in [0.2, 0.25) is 0 Å². The zero-order valence-corrected chi connectivity index (χ0v) is 14.0. The van der Waals surface area contributed by atoms with E-state index < -0.39 is 0 Å². The summed E-state index contributed by atoms with van der Waals surface area (Å²) in [7, 11) is 0. The molecule has 0 aliphatic rings. The number of carbonyl (C=O) groups excluding carboxylic acids is 1. The van der Waals surface area contributed by atoms with Crippen molar-refractivity contribution >= 4 is 16.8 Å². The second-order valence-electron chi connectivity index (χ2n) is 6.43. The molecule has 2 rings (SSSR count). The molecule has 0 atom stereocenters. The van der Waals surface area contributed by atoms with E-state index in [-0.39, 0.29) is 18.0 Å². The van der Waals surface area contributed by atoms with Crippen LogP contribution in [0, 0.1) is 26.7 Å². The number of carbonyl (C=O) groups is 1. The van der Waals surface area contributed by atoms with E-state index in [0.717, 1.165) is 27.6 Å². The van der Waals surface area contributed by atoms with Crippen molar-refractivity contribution in [2.75, 3.05) is 6.54 Å². The Bertz CT molecular complexity index is 773. The maximum absolute atomic E-state index is 12.3. The van der Waals surface area contributed by atoms with E-state index >= 15 is 0 Å². The predicted octanol–water partition coefficient (Wildman–Crippen LogP) is 2.70. The highest BCUT2D eigenvalue weighted by Gasteiger charge is 2.12. The first-order valence-corrected chi connectivity index (χ1v) is 7.67. The molecule has 0 aliphatic heterocycles. The quantitative estimate of drug-likeness (QED) is 0.944. The van der Waals surface area contributed by atoms with Crippen LogP contribution in [0.1, 0.15) is 30.5 Å². The van der Waals surface area contributed by atoms with Crippen LogP contribution in [0.4, 0.5) is 0 Å². The van der Waals surface area contributed by atoms with E-state index in [2.05, 4.69) is 11.4 Å². The van der Waals surface area contributed by atoms with Crippen LogP contribution in [-0.2, 0) is 11.3 Å². The molecular weight excluding hydrogens is 276 g/mol. The van der Waals surface area contributed by atoms with Gasteiger partial charge in [-0.05, 0) is 43.9 Å². The SMILES string of the molecule is Cc1cc(C)c2c(c1)c(C)cc(=O)n2CC(=O)NCC(C)C. The molecule has 1 heterocycles. The molecule has 4 nitrogen and oxygen atoms in total. The number of rotatable bonds is 4. The fraction of sp³-hybridized carbons (Fsp3) is 0.444. The Morgan fingerprint density at radius 3 is 2.45 bits per heavy atom. The molecule has 0 radical (unpaired) electrons. The van der Waals surface area contributed by atoms with Crippen LogP contribution < -0.4 is 10.9 Å². The number of hydrogen-bond donors (Lipinski definition) is 1. The minimum atomic E-state index is -0.128. The number of fused-ring (bicyclic) bond motifs is 1. The van der Waals surface area contributed by atoms with Crippen LogP contribution in [-0.4, -0.2) is 17.0 Å². The Hall–Kier alpha value is -2.10. The summed E-state index contributed by atoms with van der Waals surface area (Å²) in [6.45, 7) is 10.7. The van der Waals surface area contributed by atoms with Crippen LogP contribution >= 0.6 is 0 Å². The average molecular weight is 300 g/mol.